The highest BCUT2D eigenvalue weighted by Crippen LogP contribution is 2.24. The van der Waals surface area contributed by atoms with Gasteiger partial charge >= 0.3 is 5.97 Å². The Labute approximate surface area is 121 Å². The fraction of sp³-hybridized carbons (Fsp3) is 0.429. The highest BCUT2D eigenvalue weighted by molar-refractivity contribution is 6.30. The smallest absolute Gasteiger partial charge is 0.303 e. The van der Waals surface area contributed by atoms with Gasteiger partial charge in [0, 0.05) is 25.1 Å². The first-order valence-electron chi connectivity index (χ1n) is 6.43. The van der Waals surface area contributed by atoms with Crippen LogP contribution in [0.5, 0.6) is 0 Å². The first-order valence-corrected chi connectivity index (χ1v) is 6.81. The Bertz CT molecular complexity index is 535. The van der Waals surface area contributed by atoms with E-state index >= 15 is 0 Å². The summed E-state index contributed by atoms with van der Waals surface area (Å²) in [6, 6.07) is 4.00. The van der Waals surface area contributed by atoms with Gasteiger partial charge in [0.1, 0.15) is 5.82 Å². The molecule has 0 bridgehead atoms. The molecule has 0 radical (unpaired) electrons. The average Bonchev–Trinajstić information content (AvgIpc) is 2.87. The number of nitrogens with zero attached hydrogens (tertiary/aromatic N) is 1. The molecule has 1 aliphatic rings. The van der Waals surface area contributed by atoms with Gasteiger partial charge in [-0.2, -0.15) is 0 Å². The molecule has 0 spiro atoms. The lowest BCUT2D eigenvalue weighted by Gasteiger charge is -2.16. The van der Waals surface area contributed by atoms with E-state index in [1.807, 2.05) is 0 Å². The van der Waals surface area contributed by atoms with Gasteiger partial charge in [0.15, 0.2) is 0 Å². The lowest BCUT2D eigenvalue weighted by molar-refractivity contribution is -0.137. The number of carbonyl (C=O) groups is 2. The number of carboxylic acids is 1. The van der Waals surface area contributed by atoms with Crippen LogP contribution in [0.2, 0.25) is 5.02 Å². The van der Waals surface area contributed by atoms with Gasteiger partial charge in [0.2, 0.25) is 0 Å². The van der Waals surface area contributed by atoms with Crippen LogP contribution in [0.1, 0.15) is 29.6 Å². The maximum atomic E-state index is 13.3. The van der Waals surface area contributed by atoms with Gasteiger partial charge < -0.3 is 10.0 Å². The molecular weight excluding hydrogens is 285 g/mol. The lowest BCUT2D eigenvalue weighted by atomic mass is 10.0. The maximum absolute atomic E-state index is 13.3. The topological polar surface area (TPSA) is 57.6 Å². The zero-order valence-electron chi connectivity index (χ0n) is 10.8. The largest absolute Gasteiger partial charge is 0.481 e. The normalized spacial score (nSPS) is 18.3. The lowest BCUT2D eigenvalue weighted by Crippen LogP contribution is -2.28. The molecule has 1 heterocycles. The number of halogens is 2. The molecule has 1 amide bonds. The summed E-state index contributed by atoms with van der Waals surface area (Å²) in [7, 11) is 0. The van der Waals surface area contributed by atoms with E-state index in [4.69, 9.17) is 16.7 Å². The number of rotatable bonds is 4. The number of aliphatic carboxylic acids is 1. The Kier molecular flexibility index (Phi) is 4.60. The van der Waals surface area contributed by atoms with E-state index in [2.05, 4.69) is 0 Å². The van der Waals surface area contributed by atoms with Crippen molar-refractivity contribution in [1.29, 1.82) is 0 Å². The Morgan fingerprint density at radius 3 is 2.85 bits per heavy atom. The van der Waals surface area contributed by atoms with E-state index < -0.39 is 11.8 Å². The summed E-state index contributed by atoms with van der Waals surface area (Å²) in [6.45, 7) is 1.10. The Morgan fingerprint density at radius 1 is 1.45 bits per heavy atom. The third kappa shape index (κ3) is 3.48. The van der Waals surface area contributed by atoms with Crippen LogP contribution in [-0.2, 0) is 4.79 Å². The predicted molar refractivity (Wildman–Crippen MR) is 72.3 cm³/mol. The van der Waals surface area contributed by atoms with Crippen LogP contribution < -0.4 is 0 Å². The summed E-state index contributed by atoms with van der Waals surface area (Å²) in [5.41, 5.74) is 0.269. The zero-order chi connectivity index (χ0) is 14.7. The first-order chi connectivity index (χ1) is 9.47. The average molecular weight is 300 g/mol. The standard InChI is InChI=1S/C14H15ClFNO3/c15-11-3-2-10(7-12(11)16)14(20)17-6-5-9(8-17)1-4-13(18)19/h2-3,7,9H,1,4-6,8H2,(H,18,19). The van der Waals surface area contributed by atoms with E-state index in [1.54, 1.807) is 4.90 Å². The van der Waals surface area contributed by atoms with Crippen molar-refractivity contribution in [2.75, 3.05) is 13.1 Å². The SMILES string of the molecule is O=C(O)CCC1CCN(C(=O)c2ccc(Cl)c(F)c2)C1. The van der Waals surface area contributed by atoms with E-state index in [1.165, 1.54) is 12.1 Å². The van der Waals surface area contributed by atoms with Crippen molar-refractivity contribution in [3.05, 3.63) is 34.6 Å². The molecule has 6 heteroatoms. The van der Waals surface area contributed by atoms with Crippen LogP contribution >= 0.6 is 11.6 Å². The predicted octanol–water partition coefficient (Wildman–Crippen LogP) is 2.81. The fourth-order valence-electron chi connectivity index (χ4n) is 2.39. The third-order valence-electron chi connectivity index (χ3n) is 3.51. The molecule has 1 aromatic rings. The molecule has 0 aromatic heterocycles. The monoisotopic (exact) mass is 299 g/mol. The summed E-state index contributed by atoms with van der Waals surface area (Å²) in [5, 5.41) is 8.64. The van der Waals surface area contributed by atoms with Gasteiger partial charge in [-0.3, -0.25) is 9.59 Å². The minimum absolute atomic E-state index is 0.0118. The van der Waals surface area contributed by atoms with E-state index in [0.29, 0.717) is 19.5 Å². The molecule has 108 valence electrons. The molecule has 1 unspecified atom stereocenters. The number of hydrogen-bond acceptors (Lipinski definition) is 2. The first kappa shape index (κ1) is 14.8. The summed E-state index contributed by atoms with van der Waals surface area (Å²) < 4.78 is 13.3. The summed E-state index contributed by atoms with van der Waals surface area (Å²) in [5.74, 6) is -1.47. The van der Waals surface area contributed by atoms with Gasteiger partial charge in [-0.1, -0.05) is 11.6 Å². The van der Waals surface area contributed by atoms with Gasteiger partial charge in [-0.15, -0.1) is 0 Å². The third-order valence-corrected chi connectivity index (χ3v) is 3.81. The van der Waals surface area contributed by atoms with Crippen LogP contribution in [0, 0.1) is 11.7 Å². The molecule has 2 rings (SSSR count). The van der Waals surface area contributed by atoms with E-state index in [0.717, 1.165) is 12.5 Å². The molecule has 1 atom stereocenters. The zero-order valence-corrected chi connectivity index (χ0v) is 11.6. The Morgan fingerprint density at radius 2 is 2.20 bits per heavy atom. The number of carboxylic acid groups (broad SMARTS) is 1. The van der Waals surface area contributed by atoms with Gasteiger partial charge in [-0.05, 0) is 37.0 Å². The Balaban J connectivity index is 1.97. The summed E-state index contributed by atoms with van der Waals surface area (Å²) in [6.07, 6.45) is 1.46. The van der Waals surface area contributed by atoms with Gasteiger partial charge in [-0.25, -0.2) is 4.39 Å². The molecular formula is C14H15ClFNO3. The minimum atomic E-state index is -0.824. The maximum Gasteiger partial charge on any atom is 0.303 e. The molecule has 1 aromatic carbocycles. The van der Waals surface area contributed by atoms with E-state index in [9.17, 15) is 14.0 Å². The van der Waals surface area contributed by atoms with Crippen molar-refractivity contribution in [3.63, 3.8) is 0 Å². The van der Waals surface area contributed by atoms with Crippen molar-refractivity contribution < 1.29 is 19.1 Å². The number of amides is 1. The van der Waals surface area contributed by atoms with Crippen molar-refractivity contribution in [3.8, 4) is 0 Å². The molecule has 20 heavy (non-hydrogen) atoms. The molecule has 0 saturated carbocycles. The number of likely N-dealkylation sites (tertiary alicyclic amines) is 1. The molecule has 0 aliphatic carbocycles. The fourth-order valence-corrected chi connectivity index (χ4v) is 2.51. The highest BCUT2D eigenvalue weighted by Gasteiger charge is 2.27. The minimum Gasteiger partial charge on any atom is -0.481 e. The second-order valence-corrected chi connectivity index (χ2v) is 5.37. The van der Waals surface area contributed by atoms with E-state index in [-0.39, 0.29) is 28.8 Å². The number of benzene rings is 1. The second-order valence-electron chi connectivity index (χ2n) is 4.97. The van der Waals surface area contributed by atoms with Crippen LogP contribution in [0.15, 0.2) is 18.2 Å². The molecule has 1 fully saturated rings. The second kappa shape index (κ2) is 6.22. The summed E-state index contributed by atoms with van der Waals surface area (Å²) in [4.78, 5) is 24.4. The van der Waals surface area contributed by atoms with Crippen LogP contribution in [0.25, 0.3) is 0 Å². The van der Waals surface area contributed by atoms with Crippen LogP contribution in [0.3, 0.4) is 0 Å². The van der Waals surface area contributed by atoms with Crippen LogP contribution in [0.4, 0.5) is 4.39 Å². The molecule has 1 aliphatic heterocycles. The van der Waals surface area contributed by atoms with Crippen molar-refractivity contribution in [2.24, 2.45) is 5.92 Å². The van der Waals surface area contributed by atoms with Crippen LogP contribution in [-0.4, -0.2) is 35.0 Å². The highest BCUT2D eigenvalue weighted by atomic mass is 35.5. The van der Waals surface area contributed by atoms with Crippen molar-refractivity contribution in [2.45, 2.75) is 19.3 Å². The molecule has 4 nitrogen and oxygen atoms in total. The molecule has 1 N–H and O–H groups in total. The van der Waals surface area contributed by atoms with Crippen molar-refractivity contribution >= 4 is 23.5 Å². The molecule has 1 saturated heterocycles. The summed E-state index contributed by atoms with van der Waals surface area (Å²) >= 11 is 5.58. The number of carbonyl (C=O) groups excluding carboxylic acids is 1. The van der Waals surface area contributed by atoms with Gasteiger partial charge in [0.25, 0.3) is 5.91 Å². The Hall–Kier alpha value is -1.62. The quantitative estimate of drug-likeness (QED) is 0.930. The van der Waals surface area contributed by atoms with Crippen molar-refractivity contribution in [1.82, 2.24) is 4.90 Å². The van der Waals surface area contributed by atoms with Gasteiger partial charge in [0.05, 0.1) is 5.02 Å². The number of hydrogen-bond donors (Lipinski definition) is 1.